The van der Waals surface area contributed by atoms with E-state index in [2.05, 4.69) is 66.7 Å². The summed E-state index contributed by atoms with van der Waals surface area (Å²) in [7, 11) is 4.23. The van der Waals surface area contributed by atoms with Crippen molar-refractivity contribution in [1.82, 2.24) is 19.4 Å². The molecule has 24 heavy (non-hydrogen) atoms. The molecule has 3 aromatic rings. The molecule has 5 heteroatoms. The number of aryl methyl sites for hydroxylation is 2. The number of rotatable bonds is 5. The second-order valence-electron chi connectivity index (χ2n) is 6.28. The lowest BCUT2D eigenvalue weighted by Crippen LogP contribution is -2.23. The van der Waals surface area contributed by atoms with E-state index in [1.54, 1.807) is 11.3 Å². The first-order valence-electron chi connectivity index (χ1n) is 8.17. The smallest absolute Gasteiger partial charge is 0.123 e. The van der Waals surface area contributed by atoms with E-state index >= 15 is 0 Å². The van der Waals surface area contributed by atoms with Crippen molar-refractivity contribution in [3.05, 3.63) is 58.6 Å². The molecule has 0 aliphatic carbocycles. The van der Waals surface area contributed by atoms with Gasteiger partial charge in [0.2, 0.25) is 0 Å². The van der Waals surface area contributed by atoms with Gasteiger partial charge in [-0.05, 0) is 27.8 Å². The van der Waals surface area contributed by atoms with Crippen LogP contribution in [0, 0.1) is 13.8 Å². The molecule has 2 heterocycles. The van der Waals surface area contributed by atoms with Crippen molar-refractivity contribution in [2.75, 3.05) is 7.05 Å². The normalized spacial score (nSPS) is 12.8. The minimum atomic E-state index is 0.315. The predicted octanol–water partition coefficient (Wildman–Crippen LogP) is 4.35. The van der Waals surface area contributed by atoms with Gasteiger partial charge >= 0.3 is 0 Å². The number of aromatic nitrogens is 3. The summed E-state index contributed by atoms with van der Waals surface area (Å²) in [6, 6.07) is 10.7. The molecule has 1 unspecified atom stereocenters. The maximum Gasteiger partial charge on any atom is 0.123 e. The Morgan fingerprint density at radius 3 is 2.54 bits per heavy atom. The van der Waals surface area contributed by atoms with Gasteiger partial charge in [-0.1, -0.05) is 30.3 Å². The summed E-state index contributed by atoms with van der Waals surface area (Å²) in [5.74, 6) is 1.05. The first-order valence-corrected chi connectivity index (χ1v) is 8.99. The van der Waals surface area contributed by atoms with Crippen LogP contribution in [-0.4, -0.2) is 26.5 Å². The Balaban J connectivity index is 1.80. The van der Waals surface area contributed by atoms with E-state index in [1.165, 1.54) is 16.1 Å². The molecule has 0 amide bonds. The molecular weight excluding hydrogens is 316 g/mol. The van der Waals surface area contributed by atoms with Gasteiger partial charge in [0, 0.05) is 36.3 Å². The highest BCUT2D eigenvalue weighted by Gasteiger charge is 2.20. The van der Waals surface area contributed by atoms with Crippen molar-refractivity contribution in [3.8, 4) is 10.6 Å². The van der Waals surface area contributed by atoms with Crippen LogP contribution in [0.4, 0.5) is 0 Å². The molecule has 3 rings (SSSR count). The molecule has 126 valence electrons. The van der Waals surface area contributed by atoms with E-state index in [4.69, 9.17) is 4.98 Å². The summed E-state index contributed by atoms with van der Waals surface area (Å²) in [4.78, 5) is 12.9. The van der Waals surface area contributed by atoms with E-state index in [0.29, 0.717) is 6.04 Å². The SMILES string of the molecule is Cc1nc(-c2ccccc2)sc1C(C)N(C)Cc1cnc(C)n1C. The highest BCUT2D eigenvalue weighted by Crippen LogP contribution is 2.34. The zero-order valence-corrected chi connectivity index (χ0v) is 15.8. The highest BCUT2D eigenvalue weighted by atomic mass is 32.1. The molecule has 0 aliphatic rings. The third-order valence-corrected chi connectivity index (χ3v) is 6.00. The highest BCUT2D eigenvalue weighted by molar-refractivity contribution is 7.15. The fourth-order valence-electron chi connectivity index (χ4n) is 2.79. The predicted molar refractivity (Wildman–Crippen MR) is 100 cm³/mol. The number of thiazole rings is 1. The Bertz CT molecular complexity index is 819. The van der Waals surface area contributed by atoms with Crippen LogP contribution in [0.2, 0.25) is 0 Å². The number of nitrogens with zero attached hydrogens (tertiary/aromatic N) is 4. The van der Waals surface area contributed by atoms with Crippen molar-refractivity contribution >= 4 is 11.3 Å². The lowest BCUT2D eigenvalue weighted by Gasteiger charge is -2.24. The van der Waals surface area contributed by atoms with Crippen molar-refractivity contribution in [2.24, 2.45) is 7.05 Å². The zero-order chi connectivity index (χ0) is 17.3. The van der Waals surface area contributed by atoms with E-state index in [9.17, 15) is 0 Å². The number of hydrogen-bond donors (Lipinski definition) is 0. The molecule has 0 aliphatic heterocycles. The van der Waals surface area contributed by atoms with Gasteiger partial charge in [-0.15, -0.1) is 11.3 Å². The molecule has 0 saturated carbocycles. The third-order valence-electron chi connectivity index (χ3n) is 4.62. The van der Waals surface area contributed by atoms with Crippen molar-refractivity contribution < 1.29 is 0 Å². The van der Waals surface area contributed by atoms with Gasteiger partial charge in [0.05, 0.1) is 11.4 Å². The van der Waals surface area contributed by atoms with E-state index in [1.807, 2.05) is 19.2 Å². The molecule has 0 bridgehead atoms. The minimum absolute atomic E-state index is 0.315. The first-order chi connectivity index (χ1) is 11.5. The quantitative estimate of drug-likeness (QED) is 0.692. The van der Waals surface area contributed by atoms with Crippen LogP contribution in [0.3, 0.4) is 0 Å². The summed E-state index contributed by atoms with van der Waals surface area (Å²) in [5, 5.41) is 1.10. The largest absolute Gasteiger partial charge is 0.334 e. The molecule has 2 aromatic heterocycles. The van der Waals surface area contributed by atoms with Crippen LogP contribution in [0.15, 0.2) is 36.5 Å². The second-order valence-corrected chi connectivity index (χ2v) is 7.31. The molecule has 0 N–H and O–H groups in total. The summed E-state index contributed by atoms with van der Waals surface area (Å²) < 4.78 is 2.15. The molecule has 1 atom stereocenters. The molecule has 0 saturated heterocycles. The molecule has 4 nitrogen and oxygen atoms in total. The summed E-state index contributed by atoms with van der Waals surface area (Å²) in [5.41, 5.74) is 3.54. The summed E-state index contributed by atoms with van der Waals surface area (Å²) in [6.45, 7) is 7.26. The van der Waals surface area contributed by atoms with E-state index in [0.717, 1.165) is 23.1 Å². The molecule has 0 spiro atoms. The Kier molecular flexibility index (Phi) is 4.83. The third kappa shape index (κ3) is 3.28. The van der Waals surface area contributed by atoms with Gasteiger partial charge in [-0.3, -0.25) is 4.90 Å². The minimum Gasteiger partial charge on any atom is -0.334 e. The van der Waals surface area contributed by atoms with Gasteiger partial charge in [0.1, 0.15) is 10.8 Å². The molecule has 0 fully saturated rings. The monoisotopic (exact) mass is 340 g/mol. The Hall–Kier alpha value is -1.98. The van der Waals surface area contributed by atoms with Gasteiger partial charge < -0.3 is 4.57 Å². The topological polar surface area (TPSA) is 34.0 Å². The first kappa shape index (κ1) is 16.9. The summed E-state index contributed by atoms with van der Waals surface area (Å²) >= 11 is 1.79. The molecule has 1 aromatic carbocycles. The van der Waals surface area contributed by atoms with Crippen LogP contribution in [0.5, 0.6) is 0 Å². The van der Waals surface area contributed by atoms with Crippen LogP contribution in [-0.2, 0) is 13.6 Å². The number of hydrogen-bond acceptors (Lipinski definition) is 4. The second kappa shape index (κ2) is 6.87. The van der Waals surface area contributed by atoms with Gasteiger partial charge in [-0.25, -0.2) is 9.97 Å². The number of imidazole rings is 1. The van der Waals surface area contributed by atoms with Crippen molar-refractivity contribution in [2.45, 2.75) is 33.4 Å². The Morgan fingerprint density at radius 1 is 1.21 bits per heavy atom. The zero-order valence-electron chi connectivity index (χ0n) is 14.9. The van der Waals surface area contributed by atoms with Crippen molar-refractivity contribution in [3.63, 3.8) is 0 Å². The van der Waals surface area contributed by atoms with Crippen LogP contribution < -0.4 is 0 Å². The maximum absolute atomic E-state index is 4.79. The molecule has 0 radical (unpaired) electrons. The van der Waals surface area contributed by atoms with Crippen LogP contribution in [0.25, 0.3) is 10.6 Å². The lowest BCUT2D eigenvalue weighted by molar-refractivity contribution is 0.250. The maximum atomic E-state index is 4.79. The van der Waals surface area contributed by atoms with Gasteiger partial charge in [0.25, 0.3) is 0 Å². The van der Waals surface area contributed by atoms with Gasteiger partial charge in [0.15, 0.2) is 0 Å². The lowest BCUT2D eigenvalue weighted by atomic mass is 10.2. The van der Waals surface area contributed by atoms with Gasteiger partial charge in [-0.2, -0.15) is 0 Å². The van der Waals surface area contributed by atoms with E-state index < -0.39 is 0 Å². The van der Waals surface area contributed by atoms with Crippen LogP contribution >= 0.6 is 11.3 Å². The fraction of sp³-hybridized carbons (Fsp3) is 0.368. The standard InChI is InChI=1S/C19H24N4S/c1-13-18(24-19(21-13)16-9-7-6-8-10-16)14(2)22(4)12-17-11-20-15(3)23(17)5/h6-11,14H,12H2,1-5H3. The van der Waals surface area contributed by atoms with Crippen LogP contribution in [0.1, 0.15) is 35.1 Å². The summed E-state index contributed by atoms with van der Waals surface area (Å²) in [6.07, 6.45) is 1.97. The Labute approximate surface area is 147 Å². The average molecular weight is 340 g/mol. The fourth-order valence-corrected chi connectivity index (χ4v) is 3.98. The number of benzene rings is 1. The average Bonchev–Trinajstić information content (AvgIpc) is 3.12. The Morgan fingerprint density at radius 2 is 1.92 bits per heavy atom. The van der Waals surface area contributed by atoms with Crippen molar-refractivity contribution in [1.29, 1.82) is 0 Å². The van der Waals surface area contributed by atoms with E-state index in [-0.39, 0.29) is 0 Å². The molecular formula is C19H24N4S.